The number of carbonyl (C=O) groups is 1. The molecule has 0 spiro atoms. The van der Waals surface area contributed by atoms with E-state index in [-0.39, 0.29) is 10.7 Å². The summed E-state index contributed by atoms with van der Waals surface area (Å²) in [6.07, 6.45) is 0. The molecular formula is C14H11ClFN3OS. The number of amides is 1. The molecule has 2 rings (SSSR count). The van der Waals surface area contributed by atoms with Crippen molar-refractivity contribution in [2.45, 2.75) is 0 Å². The van der Waals surface area contributed by atoms with Crippen molar-refractivity contribution in [1.29, 1.82) is 0 Å². The summed E-state index contributed by atoms with van der Waals surface area (Å²) in [6, 6.07) is 10.2. The molecule has 0 saturated carbocycles. The third-order valence-corrected chi connectivity index (χ3v) is 2.90. The molecule has 108 valence electrons. The molecule has 0 aliphatic rings. The SMILES string of the molecule is NC(=S)Nc1ccc(Cl)cc1C(=O)Nc1cccc(F)c1. The van der Waals surface area contributed by atoms with Gasteiger partial charge in [-0.3, -0.25) is 4.79 Å². The van der Waals surface area contributed by atoms with Crippen LogP contribution in [-0.2, 0) is 0 Å². The van der Waals surface area contributed by atoms with E-state index in [0.29, 0.717) is 16.4 Å². The second-order valence-electron chi connectivity index (χ2n) is 4.14. The Bertz CT molecular complexity index is 708. The lowest BCUT2D eigenvalue weighted by atomic mass is 10.1. The van der Waals surface area contributed by atoms with Crippen LogP contribution in [0.15, 0.2) is 42.5 Å². The molecule has 0 radical (unpaired) electrons. The van der Waals surface area contributed by atoms with Crippen LogP contribution in [0.2, 0.25) is 5.02 Å². The minimum Gasteiger partial charge on any atom is -0.376 e. The average molecular weight is 324 g/mol. The van der Waals surface area contributed by atoms with Gasteiger partial charge in [-0.05, 0) is 48.6 Å². The predicted molar refractivity (Wildman–Crippen MR) is 86.2 cm³/mol. The lowest BCUT2D eigenvalue weighted by molar-refractivity contribution is 0.102. The summed E-state index contributed by atoms with van der Waals surface area (Å²) in [5.41, 5.74) is 6.41. The normalized spacial score (nSPS) is 10.0. The number of rotatable bonds is 3. The van der Waals surface area contributed by atoms with Gasteiger partial charge in [0.1, 0.15) is 5.82 Å². The van der Waals surface area contributed by atoms with E-state index in [4.69, 9.17) is 29.6 Å². The molecule has 0 atom stereocenters. The second-order valence-corrected chi connectivity index (χ2v) is 5.02. The van der Waals surface area contributed by atoms with E-state index in [1.807, 2.05) is 0 Å². The van der Waals surface area contributed by atoms with Gasteiger partial charge >= 0.3 is 0 Å². The lowest BCUT2D eigenvalue weighted by Crippen LogP contribution is -2.22. The number of hydrogen-bond donors (Lipinski definition) is 3. The zero-order chi connectivity index (χ0) is 15.4. The smallest absolute Gasteiger partial charge is 0.257 e. The maximum Gasteiger partial charge on any atom is 0.257 e. The summed E-state index contributed by atoms with van der Waals surface area (Å²) < 4.78 is 13.1. The van der Waals surface area contributed by atoms with Gasteiger partial charge < -0.3 is 16.4 Å². The van der Waals surface area contributed by atoms with Crippen molar-refractivity contribution in [3.8, 4) is 0 Å². The number of carbonyl (C=O) groups excluding carboxylic acids is 1. The number of anilines is 2. The standard InChI is InChI=1S/C14H11ClFN3OS/c15-8-4-5-12(19-14(17)21)11(6-8)13(20)18-10-3-1-2-9(16)7-10/h1-7H,(H,18,20)(H3,17,19,21). The van der Waals surface area contributed by atoms with Crippen LogP contribution in [0.3, 0.4) is 0 Å². The Hall–Kier alpha value is -2.18. The first kappa shape index (κ1) is 15.2. The van der Waals surface area contributed by atoms with E-state index in [9.17, 15) is 9.18 Å². The number of benzene rings is 2. The van der Waals surface area contributed by atoms with E-state index in [2.05, 4.69) is 10.6 Å². The molecule has 0 aromatic heterocycles. The van der Waals surface area contributed by atoms with E-state index >= 15 is 0 Å². The van der Waals surface area contributed by atoms with Crippen molar-refractivity contribution >= 4 is 46.2 Å². The average Bonchev–Trinajstić information content (AvgIpc) is 2.40. The highest BCUT2D eigenvalue weighted by molar-refractivity contribution is 7.80. The fourth-order valence-corrected chi connectivity index (χ4v) is 1.99. The Kier molecular flexibility index (Phi) is 4.72. The Balaban J connectivity index is 2.29. The summed E-state index contributed by atoms with van der Waals surface area (Å²) in [5.74, 6) is -0.901. The van der Waals surface area contributed by atoms with E-state index in [1.54, 1.807) is 18.2 Å². The highest BCUT2D eigenvalue weighted by atomic mass is 35.5. The Morgan fingerprint density at radius 3 is 2.62 bits per heavy atom. The highest BCUT2D eigenvalue weighted by Crippen LogP contribution is 2.22. The van der Waals surface area contributed by atoms with Crippen LogP contribution < -0.4 is 16.4 Å². The van der Waals surface area contributed by atoms with Gasteiger partial charge in [0, 0.05) is 10.7 Å². The first-order chi connectivity index (χ1) is 9.95. The first-order valence-corrected chi connectivity index (χ1v) is 6.67. The van der Waals surface area contributed by atoms with Crippen molar-refractivity contribution in [1.82, 2.24) is 0 Å². The fraction of sp³-hybridized carbons (Fsp3) is 0. The quantitative estimate of drug-likeness (QED) is 0.757. The van der Waals surface area contributed by atoms with Gasteiger partial charge in [-0.25, -0.2) is 4.39 Å². The van der Waals surface area contributed by atoms with E-state index in [0.717, 1.165) is 0 Å². The van der Waals surface area contributed by atoms with Crippen LogP contribution in [0.25, 0.3) is 0 Å². The number of nitrogens with two attached hydrogens (primary N) is 1. The van der Waals surface area contributed by atoms with Gasteiger partial charge in [-0.1, -0.05) is 17.7 Å². The van der Waals surface area contributed by atoms with Gasteiger partial charge in [0.25, 0.3) is 5.91 Å². The van der Waals surface area contributed by atoms with Gasteiger partial charge in [0.2, 0.25) is 0 Å². The molecule has 0 fully saturated rings. The van der Waals surface area contributed by atoms with Crippen LogP contribution in [0.1, 0.15) is 10.4 Å². The van der Waals surface area contributed by atoms with Crippen molar-refractivity contribution in [3.05, 3.63) is 58.9 Å². The molecular weight excluding hydrogens is 313 g/mol. The fourth-order valence-electron chi connectivity index (χ4n) is 1.71. The largest absolute Gasteiger partial charge is 0.376 e. The first-order valence-electron chi connectivity index (χ1n) is 5.88. The lowest BCUT2D eigenvalue weighted by Gasteiger charge is -2.11. The Morgan fingerprint density at radius 1 is 1.19 bits per heavy atom. The molecule has 0 heterocycles. The monoisotopic (exact) mass is 323 g/mol. The zero-order valence-corrected chi connectivity index (χ0v) is 12.3. The topological polar surface area (TPSA) is 67.1 Å². The van der Waals surface area contributed by atoms with Crippen molar-refractivity contribution in [3.63, 3.8) is 0 Å². The number of thiocarbonyl (C=S) groups is 1. The van der Waals surface area contributed by atoms with Crippen molar-refractivity contribution in [2.75, 3.05) is 10.6 Å². The molecule has 2 aromatic rings. The van der Waals surface area contributed by atoms with E-state index < -0.39 is 11.7 Å². The highest BCUT2D eigenvalue weighted by Gasteiger charge is 2.13. The van der Waals surface area contributed by atoms with Gasteiger partial charge in [-0.15, -0.1) is 0 Å². The molecule has 4 N–H and O–H groups in total. The molecule has 0 saturated heterocycles. The summed E-state index contributed by atoms with van der Waals surface area (Å²) in [7, 11) is 0. The molecule has 0 aliphatic heterocycles. The second kappa shape index (κ2) is 6.51. The molecule has 21 heavy (non-hydrogen) atoms. The zero-order valence-electron chi connectivity index (χ0n) is 10.7. The van der Waals surface area contributed by atoms with Crippen LogP contribution in [-0.4, -0.2) is 11.0 Å². The van der Waals surface area contributed by atoms with Gasteiger partial charge in [0.15, 0.2) is 5.11 Å². The molecule has 0 aliphatic carbocycles. The summed E-state index contributed by atoms with van der Waals surface area (Å²) in [6.45, 7) is 0. The maximum absolute atomic E-state index is 13.1. The number of halogens is 2. The third-order valence-electron chi connectivity index (χ3n) is 2.57. The van der Waals surface area contributed by atoms with Crippen LogP contribution in [0.4, 0.5) is 15.8 Å². The maximum atomic E-state index is 13.1. The van der Waals surface area contributed by atoms with Crippen LogP contribution in [0, 0.1) is 5.82 Å². The molecule has 1 amide bonds. The minimum absolute atomic E-state index is 0.0251. The van der Waals surface area contributed by atoms with E-state index in [1.165, 1.54) is 24.3 Å². The Labute approximate surface area is 131 Å². The number of hydrogen-bond acceptors (Lipinski definition) is 2. The summed E-state index contributed by atoms with van der Waals surface area (Å²) >= 11 is 10.6. The molecule has 7 heteroatoms. The summed E-state index contributed by atoms with van der Waals surface area (Å²) in [4.78, 5) is 12.3. The van der Waals surface area contributed by atoms with Crippen LogP contribution >= 0.6 is 23.8 Å². The minimum atomic E-state index is -0.457. The van der Waals surface area contributed by atoms with Gasteiger partial charge in [0.05, 0.1) is 11.3 Å². The molecule has 0 bridgehead atoms. The number of nitrogens with one attached hydrogen (secondary N) is 2. The van der Waals surface area contributed by atoms with Crippen molar-refractivity contribution in [2.24, 2.45) is 5.73 Å². The Morgan fingerprint density at radius 2 is 1.95 bits per heavy atom. The third kappa shape index (κ3) is 4.14. The molecule has 0 unspecified atom stereocenters. The molecule has 2 aromatic carbocycles. The predicted octanol–water partition coefficient (Wildman–Crippen LogP) is 3.39. The van der Waals surface area contributed by atoms with Gasteiger partial charge in [-0.2, -0.15) is 0 Å². The molecule has 4 nitrogen and oxygen atoms in total. The summed E-state index contributed by atoms with van der Waals surface area (Å²) in [5, 5.41) is 5.68. The van der Waals surface area contributed by atoms with Crippen LogP contribution in [0.5, 0.6) is 0 Å². The van der Waals surface area contributed by atoms with Crippen molar-refractivity contribution < 1.29 is 9.18 Å².